The first-order valence-electron chi connectivity index (χ1n) is 7.47. The van der Waals surface area contributed by atoms with E-state index in [1.165, 1.54) is 4.40 Å². The third kappa shape index (κ3) is 2.85. The Balaban J connectivity index is 1.50. The maximum atomic E-state index is 12.1. The fourth-order valence-electron chi connectivity index (χ4n) is 2.87. The van der Waals surface area contributed by atoms with Gasteiger partial charge in [0.25, 0.3) is 5.56 Å². The number of nitrogens with one attached hydrogen (secondary N) is 1. The number of aryl methyl sites for hydroxylation is 1. The molecule has 0 radical (unpaired) electrons. The van der Waals surface area contributed by atoms with Gasteiger partial charge in [0.15, 0.2) is 0 Å². The van der Waals surface area contributed by atoms with Crippen LogP contribution in [0.4, 0.5) is 0 Å². The molecule has 1 aliphatic heterocycles. The number of hydrogen-bond acceptors (Lipinski definition) is 5. The molecule has 0 aromatic carbocycles. The van der Waals surface area contributed by atoms with Crippen LogP contribution in [0.5, 0.6) is 0 Å². The molecule has 0 amide bonds. The molecule has 0 bridgehead atoms. The summed E-state index contributed by atoms with van der Waals surface area (Å²) in [6.07, 6.45) is 5.08. The van der Waals surface area contributed by atoms with Crippen LogP contribution in [-0.4, -0.2) is 30.2 Å². The Morgan fingerprint density at radius 1 is 1.39 bits per heavy atom. The predicted molar refractivity (Wildman–Crippen MR) is 85.4 cm³/mol. The molecule has 4 heterocycles. The zero-order valence-corrected chi connectivity index (χ0v) is 13.1. The van der Waals surface area contributed by atoms with E-state index in [-0.39, 0.29) is 5.56 Å². The molecular formula is C15H15ClN6O. The molecule has 1 N–H and O–H groups in total. The van der Waals surface area contributed by atoms with E-state index in [0.717, 1.165) is 30.9 Å². The first kappa shape index (κ1) is 14.3. The molecule has 0 spiro atoms. The van der Waals surface area contributed by atoms with Gasteiger partial charge in [-0.05, 0) is 18.6 Å². The van der Waals surface area contributed by atoms with Crippen LogP contribution in [0.3, 0.4) is 0 Å². The van der Waals surface area contributed by atoms with Crippen LogP contribution < -0.4 is 10.9 Å². The summed E-state index contributed by atoms with van der Waals surface area (Å²) >= 11 is 5.91. The van der Waals surface area contributed by atoms with Crippen molar-refractivity contribution < 1.29 is 0 Å². The van der Waals surface area contributed by atoms with E-state index in [2.05, 4.69) is 20.4 Å². The van der Waals surface area contributed by atoms with Crippen LogP contribution in [-0.2, 0) is 19.5 Å². The molecule has 1 aliphatic rings. The average Bonchev–Trinajstić information content (AvgIpc) is 3.01. The van der Waals surface area contributed by atoms with Crippen molar-refractivity contribution >= 4 is 17.2 Å². The summed E-state index contributed by atoms with van der Waals surface area (Å²) in [5.74, 6) is 1.03. The average molecular weight is 331 g/mol. The zero-order chi connectivity index (χ0) is 15.8. The molecule has 7 nitrogen and oxygen atoms in total. The predicted octanol–water partition coefficient (Wildman–Crippen LogP) is 1.04. The number of nitrogens with zero attached hydrogens (tertiary/aromatic N) is 5. The van der Waals surface area contributed by atoms with Crippen LogP contribution in [0.15, 0.2) is 35.5 Å². The molecule has 1 atom stereocenters. The molecule has 8 heteroatoms. The van der Waals surface area contributed by atoms with Gasteiger partial charge in [-0.2, -0.15) is 5.10 Å². The molecule has 1 unspecified atom stereocenters. The summed E-state index contributed by atoms with van der Waals surface area (Å²) in [5.41, 5.74) is 1.19. The quantitative estimate of drug-likeness (QED) is 0.776. The van der Waals surface area contributed by atoms with Crippen molar-refractivity contribution in [2.75, 3.05) is 0 Å². The van der Waals surface area contributed by atoms with E-state index in [1.54, 1.807) is 30.7 Å². The number of halogens is 1. The van der Waals surface area contributed by atoms with E-state index in [9.17, 15) is 4.79 Å². The molecule has 23 heavy (non-hydrogen) atoms. The first-order valence-corrected chi connectivity index (χ1v) is 7.85. The van der Waals surface area contributed by atoms with Crippen molar-refractivity contribution in [1.29, 1.82) is 0 Å². The van der Waals surface area contributed by atoms with Gasteiger partial charge in [0.05, 0.1) is 17.3 Å². The van der Waals surface area contributed by atoms with Gasteiger partial charge in [0.1, 0.15) is 17.8 Å². The van der Waals surface area contributed by atoms with Gasteiger partial charge in [-0.15, -0.1) is 0 Å². The highest BCUT2D eigenvalue weighted by atomic mass is 35.5. The lowest BCUT2D eigenvalue weighted by molar-refractivity contribution is 0.356. The van der Waals surface area contributed by atoms with Gasteiger partial charge >= 0.3 is 0 Å². The van der Waals surface area contributed by atoms with Gasteiger partial charge < -0.3 is 5.32 Å². The highest BCUT2D eigenvalue weighted by Gasteiger charge is 2.19. The summed E-state index contributed by atoms with van der Waals surface area (Å²) in [5, 5.41) is 8.17. The maximum absolute atomic E-state index is 12.1. The second kappa shape index (κ2) is 5.75. The molecule has 0 saturated carbocycles. The second-order valence-electron chi connectivity index (χ2n) is 5.64. The number of rotatable bonds is 3. The minimum atomic E-state index is -0.128. The van der Waals surface area contributed by atoms with Crippen LogP contribution in [0.2, 0.25) is 5.02 Å². The largest absolute Gasteiger partial charge is 0.307 e. The third-order valence-corrected chi connectivity index (χ3v) is 4.28. The summed E-state index contributed by atoms with van der Waals surface area (Å²) < 4.78 is 3.37. The highest BCUT2D eigenvalue weighted by Crippen LogP contribution is 2.12. The molecule has 118 valence electrons. The number of hydrogen-bond donors (Lipinski definition) is 1. The van der Waals surface area contributed by atoms with Gasteiger partial charge in [0.2, 0.25) is 0 Å². The molecule has 0 saturated heterocycles. The monoisotopic (exact) mass is 330 g/mol. The first-order chi connectivity index (χ1) is 11.2. The fraction of sp³-hybridized carbons (Fsp3) is 0.333. The summed E-state index contributed by atoms with van der Waals surface area (Å²) in [4.78, 5) is 20.9. The molecule has 3 aromatic rings. The van der Waals surface area contributed by atoms with Crippen LogP contribution in [0.25, 0.3) is 5.65 Å². The van der Waals surface area contributed by atoms with E-state index < -0.39 is 0 Å². The highest BCUT2D eigenvalue weighted by molar-refractivity contribution is 6.30. The molecule has 3 aromatic heterocycles. The Kier molecular flexibility index (Phi) is 3.59. The lowest BCUT2D eigenvalue weighted by Gasteiger charge is -2.23. The van der Waals surface area contributed by atoms with Crippen molar-refractivity contribution in [3.63, 3.8) is 0 Å². The standard InChI is InChI=1S/C15H15ClN6O/c16-10-1-3-14-20-12(5-15(23)21(14)7-10)6-17-11-2-4-13-18-9-19-22(13)8-11/h1,3,5,7,9,11,17H,2,4,6,8H2. The SMILES string of the molecule is O=c1cc(CNC2CCc3ncnn3C2)nc2ccc(Cl)cn12. The van der Waals surface area contributed by atoms with Gasteiger partial charge in [0, 0.05) is 31.3 Å². The normalized spacial score (nSPS) is 17.3. The Bertz CT molecular complexity index is 918. The van der Waals surface area contributed by atoms with E-state index >= 15 is 0 Å². The van der Waals surface area contributed by atoms with Gasteiger partial charge in [-0.1, -0.05) is 11.6 Å². The fourth-order valence-corrected chi connectivity index (χ4v) is 3.03. The third-order valence-electron chi connectivity index (χ3n) is 4.05. The summed E-state index contributed by atoms with van der Waals surface area (Å²) in [7, 11) is 0. The second-order valence-corrected chi connectivity index (χ2v) is 6.07. The van der Waals surface area contributed by atoms with E-state index in [1.807, 2.05) is 4.68 Å². The minimum absolute atomic E-state index is 0.128. The summed E-state index contributed by atoms with van der Waals surface area (Å²) in [6, 6.07) is 5.32. The lowest BCUT2D eigenvalue weighted by atomic mass is 10.1. The van der Waals surface area contributed by atoms with Gasteiger partial charge in [-0.3, -0.25) is 9.20 Å². The zero-order valence-electron chi connectivity index (χ0n) is 12.3. The number of aromatic nitrogens is 5. The van der Waals surface area contributed by atoms with Crippen molar-refractivity contribution in [3.05, 3.63) is 57.6 Å². The number of pyridine rings is 1. The molecular weight excluding hydrogens is 316 g/mol. The van der Waals surface area contributed by atoms with Crippen LogP contribution in [0, 0.1) is 0 Å². The lowest BCUT2D eigenvalue weighted by Crippen LogP contribution is -2.37. The van der Waals surface area contributed by atoms with Crippen LogP contribution >= 0.6 is 11.6 Å². The Morgan fingerprint density at radius 2 is 2.30 bits per heavy atom. The van der Waals surface area contributed by atoms with Gasteiger partial charge in [-0.25, -0.2) is 14.6 Å². The smallest absolute Gasteiger partial charge is 0.258 e. The Labute approximate surface area is 136 Å². The minimum Gasteiger partial charge on any atom is -0.307 e. The Hall–Kier alpha value is -2.25. The van der Waals surface area contributed by atoms with Crippen molar-refractivity contribution in [3.8, 4) is 0 Å². The Morgan fingerprint density at radius 3 is 3.22 bits per heavy atom. The molecule has 4 rings (SSSR count). The molecule has 0 fully saturated rings. The van der Waals surface area contributed by atoms with E-state index in [4.69, 9.17) is 11.6 Å². The topological polar surface area (TPSA) is 77.1 Å². The van der Waals surface area contributed by atoms with Crippen molar-refractivity contribution in [2.24, 2.45) is 0 Å². The van der Waals surface area contributed by atoms with Crippen molar-refractivity contribution in [1.82, 2.24) is 29.5 Å². The van der Waals surface area contributed by atoms with Crippen LogP contribution in [0.1, 0.15) is 17.9 Å². The van der Waals surface area contributed by atoms with Crippen molar-refractivity contribution in [2.45, 2.75) is 32.0 Å². The maximum Gasteiger partial charge on any atom is 0.258 e. The summed E-state index contributed by atoms with van der Waals surface area (Å²) in [6.45, 7) is 1.33. The number of fused-ring (bicyclic) bond motifs is 2. The van der Waals surface area contributed by atoms with E-state index in [0.29, 0.717) is 23.3 Å². The molecule has 0 aliphatic carbocycles.